The Morgan fingerprint density at radius 2 is 2.00 bits per heavy atom. The third-order valence-corrected chi connectivity index (χ3v) is 4.21. The third-order valence-electron chi connectivity index (χ3n) is 4.21. The van der Waals surface area contributed by atoms with Crippen LogP contribution >= 0.6 is 0 Å². The van der Waals surface area contributed by atoms with Crippen molar-refractivity contribution in [2.75, 3.05) is 39.4 Å². The Morgan fingerprint density at radius 3 is 2.75 bits per heavy atom. The highest BCUT2D eigenvalue weighted by Gasteiger charge is 2.37. The first kappa shape index (κ1) is 14.0. The van der Waals surface area contributed by atoms with Crippen LogP contribution in [-0.2, 0) is 4.74 Å². The number of aliphatic hydroxyl groups is 1. The highest BCUT2D eigenvalue weighted by atomic mass is 16.5. The Morgan fingerprint density at radius 1 is 1.25 bits per heavy atom. The summed E-state index contributed by atoms with van der Waals surface area (Å²) in [5.74, 6) is 0.631. The molecule has 1 aromatic carbocycles. The minimum absolute atomic E-state index is 0.287. The molecule has 1 aliphatic carbocycles. The van der Waals surface area contributed by atoms with Crippen molar-refractivity contribution in [1.82, 2.24) is 10.2 Å². The predicted molar refractivity (Wildman–Crippen MR) is 78.9 cm³/mol. The molecular weight excluding hydrogens is 252 g/mol. The average Bonchev–Trinajstić information content (AvgIpc) is 3.27. The summed E-state index contributed by atoms with van der Waals surface area (Å²) in [6, 6.07) is 11.2. The first-order chi connectivity index (χ1) is 9.83. The molecule has 0 aromatic heterocycles. The number of hydrogen-bond donors (Lipinski definition) is 2. The van der Waals surface area contributed by atoms with E-state index in [1.54, 1.807) is 0 Å². The van der Waals surface area contributed by atoms with Gasteiger partial charge in [0.25, 0.3) is 0 Å². The first-order valence-corrected chi connectivity index (χ1v) is 7.59. The summed E-state index contributed by atoms with van der Waals surface area (Å²) in [7, 11) is 0. The summed E-state index contributed by atoms with van der Waals surface area (Å²) in [5, 5.41) is 13.6. The normalized spacial score (nSPS) is 28.2. The number of ether oxygens (including phenoxy) is 1. The number of nitrogens with one attached hydrogen (secondary N) is 1. The summed E-state index contributed by atoms with van der Waals surface area (Å²) >= 11 is 0. The second-order valence-electron chi connectivity index (χ2n) is 5.83. The highest BCUT2D eigenvalue weighted by molar-refractivity contribution is 5.27. The van der Waals surface area contributed by atoms with E-state index in [9.17, 15) is 5.11 Å². The van der Waals surface area contributed by atoms with Crippen LogP contribution in [0.5, 0.6) is 0 Å². The number of nitrogens with zero attached hydrogens (tertiary/aromatic N) is 1. The van der Waals surface area contributed by atoms with Crippen molar-refractivity contribution < 1.29 is 9.84 Å². The molecule has 4 heteroatoms. The van der Waals surface area contributed by atoms with Gasteiger partial charge in [-0.25, -0.2) is 0 Å². The number of hydrogen-bond acceptors (Lipinski definition) is 4. The lowest BCUT2D eigenvalue weighted by molar-refractivity contribution is 0.0148. The van der Waals surface area contributed by atoms with E-state index in [2.05, 4.69) is 40.5 Å². The SMILES string of the molecule is OC(CNC1CC1c1ccccc1)CN1CCOCC1. The van der Waals surface area contributed by atoms with Gasteiger partial charge in [0.15, 0.2) is 0 Å². The fraction of sp³-hybridized carbons (Fsp3) is 0.625. The number of β-amino-alcohol motifs (C(OH)–C–C–N with tert-alkyl or cyclic N) is 1. The van der Waals surface area contributed by atoms with E-state index >= 15 is 0 Å². The highest BCUT2D eigenvalue weighted by Crippen LogP contribution is 2.40. The minimum atomic E-state index is -0.287. The average molecular weight is 276 g/mol. The Hall–Kier alpha value is -0.940. The number of benzene rings is 1. The van der Waals surface area contributed by atoms with Crippen LogP contribution in [0, 0.1) is 0 Å². The van der Waals surface area contributed by atoms with Gasteiger partial charge in [-0.2, -0.15) is 0 Å². The second-order valence-corrected chi connectivity index (χ2v) is 5.83. The standard InChI is InChI=1S/C16H24N2O2/c19-14(12-18-6-8-20-9-7-18)11-17-16-10-15(16)13-4-2-1-3-5-13/h1-5,14-17,19H,6-12H2. The molecule has 0 amide bonds. The largest absolute Gasteiger partial charge is 0.390 e. The zero-order valence-electron chi connectivity index (χ0n) is 11.9. The lowest BCUT2D eigenvalue weighted by atomic mass is 10.1. The van der Waals surface area contributed by atoms with Gasteiger partial charge in [0.05, 0.1) is 19.3 Å². The summed E-state index contributed by atoms with van der Waals surface area (Å²) in [4.78, 5) is 2.28. The molecule has 110 valence electrons. The Bertz CT molecular complexity index is 406. The van der Waals surface area contributed by atoms with Gasteiger partial charge in [-0.1, -0.05) is 30.3 Å². The summed E-state index contributed by atoms with van der Waals surface area (Å²) < 4.78 is 5.31. The van der Waals surface area contributed by atoms with Crippen LogP contribution < -0.4 is 5.32 Å². The summed E-state index contributed by atoms with van der Waals surface area (Å²) in [6.45, 7) is 4.89. The maximum atomic E-state index is 10.1. The van der Waals surface area contributed by atoms with Gasteiger partial charge in [0.2, 0.25) is 0 Å². The smallest absolute Gasteiger partial charge is 0.0791 e. The number of aliphatic hydroxyl groups excluding tert-OH is 1. The Labute approximate surface area is 120 Å². The quantitative estimate of drug-likeness (QED) is 0.808. The summed E-state index contributed by atoms with van der Waals surface area (Å²) in [5.41, 5.74) is 1.41. The van der Waals surface area contributed by atoms with Crippen LogP contribution in [0.15, 0.2) is 30.3 Å². The second kappa shape index (κ2) is 6.68. The third kappa shape index (κ3) is 3.79. The maximum absolute atomic E-state index is 10.1. The maximum Gasteiger partial charge on any atom is 0.0791 e. The van der Waals surface area contributed by atoms with E-state index in [1.807, 2.05) is 0 Å². The predicted octanol–water partition coefficient (Wildman–Crippen LogP) is 0.825. The van der Waals surface area contributed by atoms with Gasteiger partial charge in [-0.15, -0.1) is 0 Å². The molecular formula is C16H24N2O2. The molecule has 3 unspecified atom stereocenters. The number of rotatable bonds is 6. The van der Waals surface area contributed by atoms with E-state index in [4.69, 9.17) is 4.74 Å². The molecule has 20 heavy (non-hydrogen) atoms. The molecule has 1 heterocycles. The molecule has 0 spiro atoms. The lowest BCUT2D eigenvalue weighted by Crippen LogP contribution is -2.44. The molecule has 4 nitrogen and oxygen atoms in total. The van der Waals surface area contributed by atoms with Crippen molar-refractivity contribution in [2.45, 2.75) is 24.5 Å². The van der Waals surface area contributed by atoms with E-state index in [0.717, 1.165) is 32.8 Å². The van der Waals surface area contributed by atoms with Crippen molar-refractivity contribution in [2.24, 2.45) is 0 Å². The lowest BCUT2D eigenvalue weighted by Gasteiger charge is -2.28. The van der Waals surface area contributed by atoms with Gasteiger partial charge < -0.3 is 15.2 Å². The molecule has 3 rings (SSSR count). The van der Waals surface area contributed by atoms with Gasteiger partial charge in [-0.3, -0.25) is 4.90 Å². The molecule has 1 aromatic rings. The molecule has 2 N–H and O–H groups in total. The van der Waals surface area contributed by atoms with Gasteiger partial charge in [0, 0.05) is 38.1 Å². The van der Waals surface area contributed by atoms with Crippen LogP contribution in [0.1, 0.15) is 17.9 Å². The van der Waals surface area contributed by atoms with Crippen LogP contribution in [0.4, 0.5) is 0 Å². The molecule has 1 aliphatic heterocycles. The van der Waals surface area contributed by atoms with Crippen molar-refractivity contribution in [1.29, 1.82) is 0 Å². The fourth-order valence-corrected chi connectivity index (χ4v) is 2.92. The molecule has 3 atom stereocenters. The molecule has 1 saturated heterocycles. The van der Waals surface area contributed by atoms with Crippen LogP contribution in [-0.4, -0.2) is 61.5 Å². The van der Waals surface area contributed by atoms with Gasteiger partial charge >= 0.3 is 0 Å². The summed E-state index contributed by atoms with van der Waals surface area (Å²) in [6.07, 6.45) is 0.902. The Kier molecular flexibility index (Phi) is 4.68. The Balaban J connectivity index is 1.36. The van der Waals surface area contributed by atoms with Gasteiger partial charge in [0.1, 0.15) is 0 Å². The first-order valence-electron chi connectivity index (χ1n) is 7.59. The van der Waals surface area contributed by atoms with E-state index in [0.29, 0.717) is 18.5 Å². The van der Waals surface area contributed by atoms with Crippen LogP contribution in [0.2, 0.25) is 0 Å². The fourth-order valence-electron chi connectivity index (χ4n) is 2.92. The van der Waals surface area contributed by atoms with Crippen molar-refractivity contribution in [3.05, 3.63) is 35.9 Å². The number of morpholine rings is 1. The monoisotopic (exact) mass is 276 g/mol. The molecule has 2 aliphatic rings. The molecule has 1 saturated carbocycles. The van der Waals surface area contributed by atoms with Crippen LogP contribution in [0.3, 0.4) is 0 Å². The molecule has 0 bridgehead atoms. The minimum Gasteiger partial charge on any atom is -0.390 e. The van der Waals surface area contributed by atoms with Crippen LogP contribution in [0.25, 0.3) is 0 Å². The van der Waals surface area contributed by atoms with Crippen molar-refractivity contribution in [3.8, 4) is 0 Å². The topological polar surface area (TPSA) is 44.7 Å². The molecule has 0 radical (unpaired) electrons. The van der Waals surface area contributed by atoms with E-state index in [-0.39, 0.29) is 6.10 Å². The van der Waals surface area contributed by atoms with E-state index in [1.165, 1.54) is 12.0 Å². The zero-order chi connectivity index (χ0) is 13.8. The molecule has 2 fully saturated rings. The van der Waals surface area contributed by atoms with E-state index < -0.39 is 0 Å². The zero-order valence-corrected chi connectivity index (χ0v) is 11.9. The van der Waals surface area contributed by atoms with Crippen molar-refractivity contribution >= 4 is 0 Å². The van der Waals surface area contributed by atoms with Crippen molar-refractivity contribution in [3.63, 3.8) is 0 Å². The van der Waals surface area contributed by atoms with Gasteiger partial charge in [-0.05, 0) is 12.0 Å².